The zero-order valence-corrected chi connectivity index (χ0v) is 24.1. The van der Waals surface area contributed by atoms with Crippen molar-refractivity contribution in [2.75, 3.05) is 39.6 Å². The normalized spacial score (nSPS) is 13.7. The third-order valence-corrected chi connectivity index (χ3v) is 7.62. The van der Waals surface area contributed by atoms with E-state index in [1.54, 1.807) is 54.1 Å². The van der Waals surface area contributed by atoms with E-state index in [4.69, 9.17) is 5.21 Å². The Labute approximate surface area is 249 Å². The first-order chi connectivity index (χ1) is 20.7. The Morgan fingerprint density at radius 2 is 1.49 bits per heavy atom. The first-order valence-corrected chi connectivity index (χ1v) is 15.4. The van der Waals surface area contributed by atoms with E-state index in [-0.39, 0.29) is 11.8 Å². The highest BCUT2D eigenvalue weighted by molar-refractivity contribution is 7.92. The van der Waals surface area contributed by atoms with E-state index in [0.717, 1.165) is 36.3 Å². The summed E-state index contributed by atoms with van der Waals surface area (Å²) in [6, 6.07) is 23.0. The molecule has 0 radical (unpaired) electrons. The van der Waals surface area contributed by atoms with Crippen LogP contribution in [0.3, 0.4) is 0 Å². The van der Waals surface area contributed by atoms with Crippen molar-refractivity contribution in [1.29, 1.82) is 0 Å². The molecule has 1 aliphatic rings. The smallest absolute Gasteiger partial charge is 0.274 e. The predicted molar refractivity (Wildman–Crippen MR) is 165 cm³/mol. The topological polar surface area (TPSA) is 166 Å². The Kier molecular flexibility index (Phi) is 8.83. The van der Waals surface area contributed by atoms with Gasteiger partial charge in [0, 0.05) is 59.1 Å². The molecule has 1 aliphatic heterocycles. The van der Waals surface area contributed by atoms with Gasteiger partial charge in [0.05, 0.1) is 11.9 Å². The third kappa shape index (κ3) is 7.84. The second-order valence-electron chi connectivity index (χ2n) is 10.2. The van der Waals surface area contributed by atoms with Crippen LogP contribution >= 0.6 is 0 Å². The van der Waals surface area contributed by atoms with Gasteiger partial charge in [0.15, 0.2) is 0 Å². The minimum atomic E-state index is -3.35. The number of hydrogen-bond donors (Lipinski definition) is 5. The molecule has 3 aromatic carbocycles. The number of amides is 2. The molecule has 5 N–H and O–H groups in total. The second-order valence-corrected chi connectivity index (χ2v) is 11.9. The number of nitrogens with zero attached hydrogens (tertiary/aromatic N) is 3. The summed E-state index contributed by atoms with van der Waals surface area (Å²) in [5.41, 5.74) is 6.35. The molecular weight excluding hydrogens is 570 g/mol. The van der Waals surface area contributed by atoms with Crippen molar-refractivity contribution in [2.24, 2.45) is 5.92 Å². The van der Waals surface area contributed by atoms with Crippen LogP contribution in [0.2, 0.25) is 0 Å². The summed E-state index contributed by atoms with van der Waals surface area (Å²) < 4.78 is 25.3. The number of aromatic nitrogens is 2. The van der Waals surface area contributed by atoms with E-state index in [1.165, 1.54) is 12.1 Å². The molecule has 222 valence electrons. The van der Waals surface area contributed by atoms with Crippen molar-refractivity contribution in [1.82, 2.24) is 15.4 Å². The van der Waals surface area contributed by atoms with Gasteiger partial charge in [0.1, 0.15) is 0 Å². The van der Waals surface area contributed by atoms with Crippen LogP contribution in [0.1, 0.15) is 23.2 Å². The van der Waals surface area contributed by atoms with E-state index < -0.39 is 15.9 Å². The van der Waals surface area contributed by atoms with Crippen molar-refractivity contribution >= 4 is 50.5 Å². The van der Waals surface area contributed by atoms with Gasteiger partial charge in [-0.05, 0) is 79.6 Å². The minimum Gasteiger partial charge on any atom is -0.371 e. The highest BCUT2D eigenvalue weighted by Gasteiger charge is 2.25. The molecule has 43 heavy (non-hydrogen) atoms. The Bertz CT molecular complexity index is 1690. The molecule has 0 unspecified atom stereocenters. The molecule has 0 atom stereocenters. The van der Waals surface area contributed by atoms with E-state index in [2.05, 4.69) is 30.2 Å². The largest absolute Gasteiger partial charge is 0.371 e. The lowest BCUT2D eigenvalue weighted by Crippen LogP contribution is -2.38. The first-order valence-electron chi connectivity index (χ1n) is 13.6. The minimum absolute atomic E-state index is 0.0534. The van der Waals surface area contributed by atoms with Crippen LogP contribution in [-0.4, -0.2) is 54.8 Å². The molecule has 1 saturated heterocycles. The number of carbonyl (C=O) groups excluding carboxylic acids is 2. The average Bonchev–Trinajstić information content (AvgIpc) is 3.01. The molecule has 2 amide bonds. The zero-order chi connectivity index (χ0) is 30.4. The van der Waals surface area contributed by atoms with E-state index in [9.17, 15) is 18.0 Å². The number of nitrogens with one attached hydrogen (secondary N) is 4. The number of piperidine rings is 1. The molecule has 1 fully saturated rings. The lowest BCUT2D eigenvalue weighted by Gasteiger charge is -2.33. The van der Waals surface area contributed by atoms with Crippen molar-refractivity contribution in [2.45, 2.75) is 12.8 Å². The van der Waals surface area contributed by atoms with E-state index in [1.807, 2.05) is 24.3 Å². The third-order valence-electron chi connectivity index (χ3n) is 7.01. The van der Waals surface area contributed by atoms with Crippen molar-refractivity contribution < 1.29 is 23.2 Å². The summed E-state index contributed by atoms with van der Waals surface area (Å²) in [5.74, 6) is -0.347. The first kappa shape index (κ1) is 29.5. The van der Waals surface area contributed by atoms with Gasteiger partial charge in [0.25, 0.3) is 5.91 Å². The standard InChI is InChI=1S/C30H31N7O5S/c1-43(41,42)36-25-8-2-20(3-9-25)27-14-17-31-30(34-27)33-24-10-12-26(13-11-24)37-18-15-22(16-19-37)28(38)32-23-6-4-21(5-7-23)29(39)35-40/h2-14,17,22,36,40H,15-16,18-19H2,1H3,(H,32,38)(H,35,39)(H,31,33,34). The Morgan fingerprint density at radius 1 is 0.860 bits per heavy atom. The van der Waals surface area contributed by atoms with Crippen LogP contribution in [0.5, 0.6) is 0 Å². The van der Waals surface area contributed by atoms with Gasteiger partial charge < -0.3 is 15.5 Å². The number of sulfonamides is 1. The molecule has 5 rings (SSSR count). The van der Waals surface area contributed by atoms with Gasteiger partial charge >= 0.3 is 0 Å². The van der Waals surface area contributed by atoms with Gasteiger partial charge in [-0.2, -0.15) is 0 Å². The highest BCUT2D eigenvalue weighted by atomic mass is 32.2. The molecular formula is C30H31N7O5S. The molecule has 4 aromatic rings. The summed E-state index contributed by atoms with van der Waals surface area (Å²) >= 11 is 0. The molecule has 0 spiro atoms. The van der Waals surface area contributed by atoms with Gasteiger partial charge in [-0.1, -0.05) is 12.1 Å². The number of carbonyl (C=O) groups is 2. The van der Waals surface area contributed by atoms with Gasteiger partial charge in [-0.3, -0.25) is 19.5 Å². The summed E-state index contributed by atoms with van der Waals surface area (Å²) in [5, 5.41) is 14.9. The summed E-state index contributed by atoms with van der Waals surface area (Å²) in [4.78, 5) is 35.4. The molecule has 0 bridgehead atoms. The van der Waals surface area contributed by atoms with Crippen LogP contribution in [-0.2, 0) is 14.8 Å². The van der Waals surface area contributed by atoms with Gasteiger partial charge in [-0.25, -0.2) is 23.9 Å². The fourth-order valence-corrected chi connectivity index (χ4v) is 5.37. The zero-order valence-electron chi connectivity index (χ0n) is 23.3. The van der Waals surface area contributed by atoms with Crippen molar-refractivity contribution in [3.63, 3.8) is 0 Å². The average molecular weight is 602 g/mol. The van der Waals surface area contributed by atoms with E-state index in [0.29, 0.717) is 41.4 Å². The Balaban J connectivity index is 1.13. The number of rotatable bonds is 9. The fourth-order valence-electron chi connectivity index (χ4n) is 4.80. The van der Waals surface area contributed by atoms with Crippen LogP contribution in [0.25, 0.3) is 11.3 Å². The number of benzene rings is 3. The second kappa shape index (κ2) is 12.9. The number of hydrogen-bond acceptors (Lipinski definition) is 9. The van der Waals surface area contributed by atoms with Crippen LogP contribution in [0.4, 0.5) is 28.7 Å². The summed E-state index contributed by atoms with van der Waals surface area (Å²) in [6.07, 6.45) is 4.19. The van der Waals surface area contributed by atoms with Crippen LogP contribution in [0.15, 0.2) is 85.1 Å². The summed E-state index contributed by atoms with van der Waals surface area (Å²) in [7, 11) is -3.35. The molecule has 13 heteroatoms. The highest BCUT2D eigenvalue weighted by Crippen LogP contribution is 2.27. The molecule has 1 aromatic heterocycles. The Hall–Kier alpha value is -5.01. The van der Waals surface area contributed by atoms with Crippen molar-refractivity contribution in [3.8, 4) is 11.3 Å². The number of anilines is 5. The van der Waals surface area contributed by atoms with Crippen LogP contribution in [0, 0.1) is 5.92 Å². The molecule has 2 heterocycles. The quantitative estimate of drug-likeness (QED) is 0.139. The van der Waals surface area contributed by atoms with Gasteiger partial charge in [0.2, 0.25) is 21.9 Å². The molecule has 0 aliphatic carbocycles. The molecule has 12 nitrogen and oxygen atoms in total. The maximum Gasteiger partial charge on any atom is 0.274 e. The van der Waals surface area contributed by atoms with Crippen molar-refractivity contribution in [3.05, 3.63) is 90.6 Å². The van der Waals surface area contributed by atoms with Crippen LogP contribution < -0.4 is 25.7 Å². The Morgan fingerprint density at radius 3 is 2.12 bits per heavy atom. The molecule has 0 saturated carbocycles. The maximum atomic E-state index is 12.8. The SMILES string of the molecule is CS(=O)(=O)Nc1ccc(-c2ccnc(Nc3ccc(N4CCC(C(=O)Nc5ccc(C(=O)NO)cc5)CC4)cc3)n2)cc1. The monoisotopic (exact) mass is 601 g/mol. The predicted octanol–water partition coefficient (Wildman–Crippen LogP) is 4.23. The maximum absolute atomic E-state index is 12.8. The lowest BCUT2D eigenvalue weighted by atomic mass is 9.95. The number of hydroxylamine groups is 1. The lowest BCUT2D eigenvalue weighted by molar-refractivity contribution is -0.120. The van der Waals surface area contributed by atoms with E-state index >= 15 is 0 Å². The van der Waals surface area contributed by atoms with Gasteiger partial charge in [-0.15, -0.1) is 0 Å². The fraction of sp³-hybridized carbons (Fsp3) is 0.200. The summed E-state index contributed by atoms with van der Waals surface area (Å²) in [6.45, 7) is 1.48.